The van der Waals surface area contributed by atoms with Crippen LogP contribution in [-0.4, -0.2) is 47.4 Å². The van der Waals surface area contributed by atoms with Crippen LogP contribution in [0.2, 0.25) is 0 Å². The maximum absolute atomic E-state index is 13.0. The monoisotopic (exact) mass is 489 g/mol. The SMILES string of the molecule is COCCN1C(=O)C(CC(=O)Nc2ccccc2Br)SC1=Nc1cc(C)ccc1C. The first-order valence-corrected chi connectivity index (χ1v) is 11.2. The van der Waals surface area contributed by atoms with E-state index < -0.39 is 5.25 Å². The van der Waals surface area contributed by atoms with Gasteiger partial charge in [0.15, 0.2) is 5.17 Å². The molecule has 158 valence electrons. The number of aliphatic imine (C=N–C) groups is 1. The lowest BCUT2D eigenvalue weighted by Gasteiger charge is -2.16. The summed E-state index contributed by atoms with van der Waals surface area (Å²) in [5.41, 5.74) is 3.63. The summed E-state index contributed by atoms with van der Waals surface area (Å²) in [4.78, 5) is 31.9. The van der Waals surface area contributed by atoms with Crippen molar-refractivity contribution < 1.29 is 14.3 Å². The number of anilines is 1. The molecule has 1 heterocycles. The molecule has 1 saturated heterocycles. The van der Waals surface area contributed by atoms with Crippen molar-refractivity contribution in [3.05, 3.63) is 58.1 Å². The number of nitrogens with one attached hydrogen (secondary N) is 1. The lowest BCUT2D eigenvalue weighted by Crippen LogP contribution is -2.35. The third-order valence-corrected chi connectivity index (χ3v) is 6.51. The van der Waals surface area contributed by atoms with Crippen LogP contribution in [0, 0.1) is 13.8 Å². The first kappa shape index (κ1) is 22.5. The van der Waals surface area contributed by atoms with Crippen LogP contribution in [0.5, 0.6) is 0 Å². The van der Waals surface area contributed by atoms with E-state index in [4.69, 9.17) is 9.73 Å². The number of carbonyl (C=O) groups excluding carboxylic acids is 2. The number of hydrogen-bond acceptors (Lipinski definition) is 5. The van der Waals surface area contributed by atoms with Crippen LogP contribution in [-0.2, 0) is 14.3 Å². The van der Waals surface area contributed by atoms with E-state index >= 15 is 0 Å². The Hall–Kier alpha value is -2.16. The molecule has 1 aliphatic rings. The second-order valence-corrected chi connectivity index (χ2v) is 9.03. The molecule has 0 aromatic heterocycles. The average Bonchev–Trinajstić information content (AvgIpc) is 2.99. The molecule has 1 unspecified atom stereocenters. The number of halogens is 1. The van der Waals surface area contributed by atoms with E-state index in [1.807, 2.05) is 56.3 Å². The molecule has 3 rings (SSSR count). The summed E-state index contributed by atoms with van der Waals surface area (Å²) in [5, 5.41) is 2.94. The highest BCUT2D eigenvalue weighted by Crippen LogP contribution is 2.33. The van der Waals surface area contributed by atoms with Crippen LogP contribution in [0.15, 0.2) is 51.9 Å². The van der Waals surface area contributed by atoms with Gasteiger partial charge in [0, 0.05) is 18.0 Å². The molecule has 2 aromatic rings. The van der Waals surface area contributed by atoms with Crippen molar-refractivity contribution >= 4 is 56.0 Å². The van der Waals surface area contributed by atoms with Crippen LogP contribution < -0.4 is 5.32 Å². The van der Waals surface area contributed by atoms with Gasteiger partial charge in [-0.2, -0.15) is 0 Å². The van der Waals surface area contributed by atoms with Gasteiger partial charge in [-0.25, -0.2) is 4.99 Å². The summed E-state index contributed by atoms with van der Waals surface area (Å²) in [6, 6.07) is 13.4. The highest BCUT2D eigenvalue weighted by atomic mass is 79.9. The lowest BCUT2D eigenvalue weighted by molar-refractivity contribution is -0.128. The number of rotatable bonds is 7. The van der Waals surface area contributed by atoms with Crippen molar-refractivity contribution in [1.82, 2.24) is 4.90 Å². The largest absolute Gasteiger partial charge is 0.383 e. The molecule has 1 fully saturated rings. The summed E-state index contributed by atoms with van der Waals surface area (Å²) in [7, 11) is 1.60. The topological polar surface area (TPSA) is 71.0 Å². The summed E-state index contributed by atoms with van der Waals surface area (Å²) in [5.74, 6) is -0.337. The van der Waals surface area contributed by atoms with Crippen molar-refractivity contribution in [2.24, 2.45) is 4.99 Å². The Labute approximate surface area is 189 Å². The van der Waals surface area contributed by atoms with Crippen molar-refractivity contribution in [1.29, 1.82) is 0 Å². The van der Waals surface area contributed by atoms with Crippen LogP contribution >= 0.6 is 27.7 Å². The zero-order valence-corrected chi connectivity index (χ0v) is 19.5. The number of aryl methyl sites for hydroxylation is 2. The van der Waals surface area contributed by atoms with Gasteiger partial charge in [0.25, 0.3) is 0 Å². The molecule has 1 aliphatic heterocycles. The minimum atomic E-state index is -0.520. The predicted octanol–water partition coefficient (Wildman–Crippen LogP) is 4.67. The van der Waals surface area contributed by atoms with Crippen molar-refractivity contribution in [2.45, 2.75) is 25.5 Å². The number of amidine groups is 1. The fourth-order valence-corrected chi connectivity index (χ4v) is 4.55. The molecular weight excluding hydrogens is 466 g/mol. The molecule has 0 saturated carbocycles. The maximum Gasteiger partial charge on any atom is 0.242 e. The minimum absolute atomic E-state index is 0.0696. The van der Waals surface area contributed by atoms with Gasteiger partial charge in [-0.05, 0) is 59.1 Å². The molecular formula is C22H24BrN3O3S. The normalized spacial score (nSPS) is 17.6. The molecule has 2 amide bonds. The van der Waals surface area contributed by atoms with E-state index in [0.717, 1.165) is 21.3 Å². The quantitative estimate of drug-likeness (QED) is 0.613. The molecule has 1 N–H and O–H groups in total. The first-order chi connectivity index (χ1) is 14.4. The molecule has 0 spiro atoms. The second-order valence-electron chi connectivity index (χ2n) is 7.01. The smallest absolute Gasteiger partial charge is 0.242 e. The number of methoxy groups -OCH3 is 1. The zero-order chi connectivity index (χ0) is 21.7. The highest BCUT2D eigenvalue weighted by Gasteiger charge is 2.39. The Morgan fingerprint density at radius 1 is 1.27 bits per heavy atom. The number of para-hydroxylation sites is 1. The fourth-order valence-electron chi connectivity index (χ4n) is 2.99. The summed E-state index contributed by atoms with van der Waals surface area (Å²) in [6.07, 6.45) is 0.0696. The van der Waals surface area contributed by atoms with Gasteiger partial charge in [0.05, 0.1) is 24.5 Å². The van der Waals surface area contributed by atoms with Crippen LogP contribution in [0.1, 0.15) is 17.5 Å². The van der Waals surface area contributed by atoms with E-state index in [9.17, 15) is 9.59 Å². The molecule has 6 nitrogen and oxygen atoms in total. The maximum atomic E-state index is 13.0. The molecule has 2 aromatic carbocycles. The predicted molar refractivity (Wildman–Crippen MR) is 125 cm³/mol. The number of amides is 2. The lowest BCUT2D eigenvalue weighted by atomic mass is 10.1. The third-order valence-electron chi connectivity index (χ3n) is 4.64. The van der Waals surface area contributed by atoms with Gasteiger partial charge in [0.2, 0.25) is 11.8 Å². The minimum Gasteiger partial charge on any atom is -0.383 e. The van der Waals surface area contributed by atoms with Crippen molar-refractivity contribution in [3.63, 3.8) is 0 Å². The van der Waals surface area contributed by atoms with Crippen LogP contribution in [0.4, 0.5) is 11.4 Å². The average molecular weight is 490 g/mol. The zero-order valence-electron chi connectivity index (χ0n) is 17.1. The van der Waals surface area contributed by atoms with E-state index in [0.29, 0.717) is 24.0 Å². The first-order valence-electron chi connectivity index (χ1n) is 9.56. The number of thioether (sulfide) groups is 1. The second kappa shape index (κ2) is 10.2. The number of hydrogen-bond donors (Lipinski definition) is 1. The Morgan fingerprint density at radius 2 is 2.03 bits per heavy atom. The molecule has 0 aliphatic carbocycles. The number of carbonyl (C=O) groups is 2. The number of benzene rings is 2. The van der Waals surface area contributed by atoms with E-state index in [2.05, 4.69) is 21.2 Å². The summed E-state index contributed by atoms with van der Waals surface area (Å²) >= 11 is 4.75. The summed E-state index contributed by atoms with van der Waals surface area (Å²) < 4.78 is 5.95. The van der Waals surface area contributed by atoms with Crippen LogP contribution in [0.25, 0.3) is 0 Å². The Kier molecular flexibility index (Phi) is 7.69. The number of nitrogens with zero attached hydrogens (tertiary/aromatic N) is 2. The van der Waals surface area contributed by atoms with Gasteiger partial charge in [-0.15, -0.1) is 0 Å². The standard InChI is InChI=1S/C22H24BrN3O3S/c1-14-8-9-15(2)18(12-14)25-22-26(10-11-29-3)21(28)19(30-22)13-20(27)24-17-7-5-4-6-16(17)23/h4-9,12,19H,10-11,13H2,1-3H3,(H,24,27). The van der Waals surface area contributed by atoms with Gasteiger partial charge < -0.3 is 10.1 Å². The molecule has 8 heteroatoms. The Bertz CT molecular complexity index is 980. The van der Waals surface area contributed by atoms with E-state index in [1.54, 1.807) is 12.0 Å². The van der Waals surface area contributed by atoms with E-state index in [1.165, 1.54) is 11.8 Å². The molecule has 30 heavy (non-hydrogen) atoms. The third kappa shape index (κ3) is 5.50. The van der Waals surface area contributed by atoms with Gasteiger partial charge in [-0.1, -0.05) is 36.0 Å². The van der Waals surface area contributed by atoms with Crippen molar-refractivity contribution in [2.75, 3.05) is 25.6 Å². The summed E-state index contributed by atoms with van der Waals surface area (Å²) in [6.45, 7) is 4.79. The molecule has 0 bridgehead atoms. The van der Waals surface area contributed by atoms with Gasteiger partial charge in [-0.3, -0.25) is 14.5 Å². The highest BCUT2D eigenvalue weighted by molar-refractivity contribution is 9.10. The molecule has 1 atom stereocenters. The fraction of sp³-hybridized carbons (Fsp3) is 0.318. The van der Waals surface area contributed by atoms with E-state index in [-0.39, 0.29) is 18.2 Å². The van der Waals surface area contributed by atoms with Crippen molar-refractivity contribution in [3.8, 4) is 0 Å². The Morgan fingerprint density at radius 3 is 2.77 bits per heavy atom. The van der Waals surface area contributed by atoms with Gasteiger partial charge in [0.1, 0.15) is 5.25 Å². The van der Waals surface area contributed by atoms with Crippen LogP contribution in [0.3, 0.4) is 0 Å². The van der Waals surface area contributed by atoms with Gasteiger partial charge >= 0.3 is 0 Å². The Balaban J connectivity index is 1.78. The molecule has 0 radical (unpaired) electrons. The number of ether oxygens (including phenoxy) is 1.